The minimum Gasteiger partial charge on any atom is -0.449 e. The molecule has 10 nitrogen and oxygen atoms in total. The second kappa shape index (κ2) is 9.88. The van der Waals surface area contributed by atoms with Crippen LogP contribution in [0.5, 0.6) is 11.5 Å². The van der Waals surface area contributed by atoms with Gasteiger partial charge in [-0.05, 0) is 18.2 Å². The van der Waals surface area contributed by atoms with Crippen molar-refractivity contribution in [3.8, 4) is 28.8 Å². The molecule has 0 saturated carbocycles. The maximum atomic E-state index is 12.4. The number of H-pyrrole nitrogens is 1. The number of nitriles is 1. The van der Waals surface area contributed by atoms with Gasteiger partial charge in [-0.2, -0.15) is 10.4 Å². The molecule has 1 heterocycles. The number of rotatable bonds is 7. The zero-order chi connectivity index (χ0) is 23.9. The molecule has 0 aliphatic heterocycles. The number of nitrogens with one attached hydrogen (secondary N) is 2. The van der Waals surface area contributed by atoms with Crippen molar-refractivity contribution in [2.45, 2.75) is 0 Å². The van der Waals surface area contributed by atoms with E-state index in [-0.39, 0.29) is 28.6 Å². The van der Waals surface area contributed by atoms with Crippen LogP contribution in [0.15, 0.2) is 88.8 Å². The van der Waals surface area contributed by atoms with Crippen LogP contribution in [0.1, 0.15) is 11.1 Å². The van der Waals surface area contributed by atoms with Crippen LogP contribution >= 0.6 is 0 Å². The van der Waals surface area contributed by atoms with E-state index in [0.717, 1.165) is 0 Å². The molecule has 0 bridgehead atoms. The molecule has 0 amide bonds. The number of para-hydroxylation sites is 3. The highest BCUT2D eigenvalue weighted by Gasteiger charge is 2.16. The van der Waals surface area contributed by atoms with Gasteiger partial charge in [0.05, 0.1) is 16.8 Å². The molecule has 4 rings (SSSR count). The maximum Gasteiger partial charge on any atom is 0.311 e. The van der Waals surface area contributed by atoms with Gasteiger partial charge >= 0.3 is 5.69 Å². The van der Waals surface area contributed by atoms with E-state index >= 15 is 0 Å². The summed E-state index contributed by atoms with van der Waals surface area (Å²) in [6.07, 6.45) is 1.42. The first-order valence-electron chi connectivity index (χ1n) is 9.96. The van der Waals surface area contributed by atoms with Gasteiger partial charge in [0.15, 0.2) is 0 Å². The Morgan fingerprint density at radius 2 is 1.71 bits per heavy atom. The van der Waals surface area contributed by atoms with Crippen LogP contribution in [0, 0.1) is 21.4 Å². The predicted octanol–water partition coefficient (Wildman–Crippen LogP) is 4.46. The van der Waals surface area contributed by atoms with E-state index in [4.69, 9.17) is 4.74 Å². The van der Waals surface area contributed by atoms with Crippen LogP contribution < -0.4 is 15.7 Å². The fourth-order valence-electron chi connectivity index (χ4n) is 3.09. The topological polar surface area (TPSA) is 146 Å². The standard InChI is InChI=1S/C24H16N6O4/c25-14-18-22(16-8-2-1-3-9-16)27-24(28-23(18)31)29-26-15-17-10-4-6-12-20(17)34-21-13-7-5-11-19(21)30(32)33/h1-13,15H,(H2,27,28,29,31). The van der Waals surface area contributed by atoms with Crippen LogP contribution in [0.3, 0.4) is 0 Å². The van der Waals surface area contributed by atoms with Crippen LogP contribution in [0.2, 0.25) is 0 Å². The maximum absolute atomic E-state index is 12.4. The molecule has 0 aliphatic carbocycles. The zero-order valence-corrected chi connectivity index (χ0v) is 17.5. The molecule has 0 radical (unpaired) electrons. The van der Waals surface area contributed by atoms with E-state index in [9.17, 15) is 20.2 Å². The van der Waals surface area contributed by atoms with Gasteiger partial charge in [-0.1, -0.05) is 54.6 Å². The molecule has 2 N–H and O–H groups in total. The fraction of sp³-hybridized carbons (Fsp3) is 0. The van der Waals surface area contributed by atoms with E-state index in [1.54, 1.807) is 60.7 Å². The van der Waals surface area contributed by atoms with Crippen molar-refractivity contribution >= 4 is 17.9 Å². The Hall–Kier alpha value is -5.30. The second-order valence-corrected chi connectivity index (χ2v) is 6.85. The van der Waals surface area contributed by atoms with Gasteiger partial charge < -0.3 is 4.74 Å². The monoisotopic (exact) mass is 452 g/mol. The predicted molar refractivity (Wildman–Crippen MR) is 126 cm³/mol. The molecule has 0 aliphatic rings. The Balaban J connectivity index is 1.60. The Bertz CT molecular complexity index is 1480. The summed E-state index contributed by atoms with van der Waals surface area (Å²) >= 11 is 0. The lowest BCUT2D eigenvalue weighted by Crippen LogP contribution is -2.16. The van der Waals surface area contributed by atoms with Crippen molar-refractivity contribution < 1.29 is 9.66 Å². The van der Waals surface area contributed by atoms with E-state index < -0.39 is 10.5 Å². The summed E-state index contributed by atoms with van der Waals surface area (Å²) in [5.41, 5.74) is 3.13. The number of nitro groups is 1. The smallest absolute Gasteiger partial charge is 0.311 e. The number of anilines is 1. The van der Waals surface area contributed by atoms with Crippen LogP contribution in [-0.4, -0.2) is 21.1 Å². The van der Waals surface area contributed by atoms with Crippen molar-refractivity contribution in [2.24, 2.45) is 5.10 Å². The first-order chi connectivity index (χ1) is 16.6. The van der Waals surface area contributed by atoms with E-state index in [2.05, 4.69) is 20.5 Å². The Labute approximate surface area is 193 Å². The fourth-order valence-corrected chi connectivity index (χ4v) is 3.09. The summed E-state index contributed by atoms with van der Waals surface area (Å²) < 4.78 is 5.76. The minimum atomic E-state index is -0.603. The number of benzene rings is 3. The largest absolute Gasteiger partial charge is 0.449 e. The highest BCUT2D eigenvalue weighted by Crippen LogP contribution is 2.32. The highest BCUT2D eigenvalue weighted by atomic mass is 16.6. The molecule has 166 valence electrons. The molecule has 0 unspecified atom stereocenters. The SMILES string of the molecule is N#Cc1c(-c2ccccc2)nc(NN=Cc2ccccc2Oc2ccccc2[N+](=O)[O-])[nH]c1=O. The number of nitrogens with zero attached hydrogens (tertiary/aromatic N) is 4. The quantitative estimate of drug-likeness (QED) is 0.239. The van der Waals surface area contributed by atoms with Crippen LogP contribution in [0.4, 0.5) is 11.6 Å². The first-order valence-corrected chi connectivity index (χ1v) is 9.96. The molecule has 1 aromatic heterocycles. The summed E-state index contributed by atoms with van der Waals surface area (Å²) in [6, 6.07) is 23.6. The molecule has 10 heteroatoms. The van der Waals surface area contributed by atoms with Crippen molar-refractivity contribution in [1.82, 2.24) is 9.97 Å². The average Bonchev–Trinajstić information content (AvgIpc) is 2.85. The number of nitro benzene ring substituents is 1. The van der Waals surface area contributed by atoms with Gasteiger partial charge in [0.1, 0.15) is 17.4 Å². The summed E-state index contributed by atoms with van der Waals surface area (Å²) in [4.78, 5) is 29.9. The lowest BCUT2D eigenvalue weighted by molar-refractivity contribution is -0.385. The number of hydrogen-bond acceptors (Lipinski definition) is 8. The third-order valence-electron chi connectivity index (χ3n) is 4.65. The van der Waals surface area contributed by atoms with Crippen molar-refractivity contribution in [3.05, 3.63) is 110 Å². The van der Waals surface area contributed by atoms with Crippen molar-refractivity contribution in [2.75, 3.05) is 5.43 Å². The minimum absolute atomic E-state index is 0.0381. The van der Waals surface area contributed by atoms with Gasteiger partial charge in [-0.3, -0.25) is 19.9 Å². The molecule has 0 spiro atoms. The molecular formula is C24H16N6O4. The Kier molecular flexibility index (Phi) is 6.37. The summed E-state index contributed by atoms with van der Waals surface area (Å²) in [5, 5.41) is 24.7. The Morgan fingerprint density at radius 1 is 1.03 bits per heavy atom. The van der Waals surface area contributed by atoms with Gasteiger partial charge in [-0.15, -0.1) is 0 Å². The summed E-state index contributed by atoms with van der Waals surface area (Å²) in [6.45, 7) is 0. The van der Waals surface area contributed by atoms with Gasteiger partial charge in [0.25, 0.3) is 5.56 Å². The average molecular weight is 452 g/mol. The molecule has 0 saturated heterocycles. The lowest BCUT2D eigenvalue weighted by atomic mass is 10.1. The number of hydrogen-bond donors (Lipinski definition) is 2. The zero-order valence-electron chi connectivity index (χ0n) is 17.5. The first kappa shape index (κ1) is 21.9. The summed E-state index contributed by atoms with van der Waals surface area (Å²) in [5.74, 6) is 0.469. The number of aromatic amines is 1. The van der Waals surface area contributed by atoms with Gasteiger partial charge in [-0.25, -0.2) is 10.4 Å². The van der Waals surface area contributed by atoms with E-state index in [1.165, 1.54) is 18.3 Å². The number of hydrazone groups is 1. The molecule has 0 atom stereocenters. The second-order valence-electron chi connectivity index (χ2n) is 6.85. The van der Waals surface area contributed by atoms with Gasteiger partial charge in [0, 0.05) is 17.2 Å². The third-order valence-corrected chi connectivity index (χ3v) is 4.65. The van der Waals surface area contributed by atoms with Crippen molar-refractivity contribution in [3.63, 3.8) is 0 Å². The number of aromatic nitrogens is 2. The molecule has 0 fully saturated rings. The molecule has 34 heavy (non-hydrogen) atoms. The van der Waals surface area contributed by atoms with Gasteiger partial charge in [0.2, 0.25) is 11.7 Å². The molecule has 3 aromatic carbocycles. The molecular weight excluding hydrogens is 436 g/mol. The van der Waals surface area contributed by atoms with Crippen LogP contribution in [-0.2, 0) is 0 Å². The highest BCUT2D eigenvalue weighted by molar-refractivity contribution is 5.84. The van der Waals surface area contributed by atoms with E-state index in [0.29, 0.717) is 16.9 Å². The van der Waals surface area contributed by atoms with E-state index in [1.807, 2.05) is 12.1 Å². The number of ether oxygens (including phenoxy) is 1. The summed E-state index contributed by atoms with van der Waals surface area (Å²) in [7, 11) is 0. The van der Waals surface area contributed by atoms with Crippen molar-refractivity contribution in [1.29, 1.82) is 5.26 Å². The third kappa shape index (κ3) is 4.79. The normalized spacial score (nSPS) is 10.6. The molecule has 4 aromatic rings. The lowest BCUT2D eigenvalue weighted by Gasteiger charge is -2.09. The van der Waals surface area contributed by atoms with Crippen LogP contribution in [0.25, 0.3) is 11.3 Å². The Morgan fingerprint density at radius 3 is 2.44 bits per heavy atom.